The summed E-state index contributed by atoms with van der Waals surface area (Å²) in [6.45, 7) is 1.93. The van der Waals surface area contributed by atoms with Crippen molar-refractivity contribution in [3.05, 3.63) is 24.0 Å². The fraction of sp³-hybridized carbons (Fsp3) is 0.538. The molecule has 19 heavy (non-hydrogen) atoms. The molecule has 2 rings (SSSR count). The molecule has 1 aromatic heterocycles. The average Bonchev–Trinajstić information content (AvgIpc) is 3.26. The third-order valence-electron chi connectivity index (χ3n) is 3.18. The van der Waals surface area contributed by atoms with Crippen molar-refractivity contribution in [3.8, 4) is 0 Å². The molecule has 0 radical (unpaired) electrons. The van der Waals surface area contributed by atoms with Gasteiger partial charge in [-0.3, -0.25) is 15.6 Å². The molecule has 104 valence electrons. The van der Waals surface area contributed by atoms with Crippen LogP contribution < -0.4 is 11.3 Å². The number of hydrazine groups is 1. The molecular weight excluding hydrogens is 244 g/mol. The summed E-state index contributed by atoms with van der Waals surface area (Å²) < 4.78 is 5.52. The molecular formula is C13H20N4O2. The number of amides is 1. The van der Waals surface area contributed by atoms with E-state index in [4.69, 9.17) is 10.6 Å². The van der Waals surface area contributed by atoms with Crippen LogP contribution in [0.5, 0.6) is 0 Å². The molecule has 6 nitrogen and oxygen atoms in total. The van der Waals surface area contributed by atoms with E-state index < -0.39 is 0 Å². The number of ether oxygens (including phenoxy) is 1. The molecule has 1 heterocycles. The van der Waals surface area contributed by atoms with Gasteiger partial charge in [0.05, 0.1) is 17.9 Å². The van der Waals surface area contributed by atoms with Crippen LogP contribution in [0.1, 0.15) is 23.2 Å². The fourth-order valence-corrected chi connectivity index (χ4v) is 1.73. The number of carbonyl (C=O) groups is 1. The Balaban J connectivity index is 1.82. The second-order valence-electron chi connectivity index (χ2n) is 4.81. The molecule has 0 aromatic carbocycles. The van der Waals surface area contributed by atoms with E-state index in [9.17, 15) is 4.79 Å². The van der Waals surface area contributed by atoms with Gasteiger partial charge in [-0.15, -0.1) is 0 Å². The highest BCUT2D eigenvalue weighted by Crippen LogP contribution is 2.28. The molecule has 0 unspecified atom stereocenters. The van der Waals surface area contributed by atoms with Gasteiger partial charge in [-0.1, -0.05) is 0 Å². The summed E-state index contributed by atoms with van der Waals surface area (Å²) >= 11 is 0. The average molecular weight is 264 g/mol. The Kier molecular flexibility index (Phi) is 4.70. The first kappa shape index (κ1) is 13.8. The normalized spacial score (nSPS) is 14.2. The monoisotopic (exact) mass is 264 g/mol. The van der Waals surface area contributed by atoms with E-state index in [1.54, 1.807) is 24.2 Å². The van der Waals surface area contributed by atoms with Gasteiger partial charge in [0.1, 0.15) is 0 Å². The molecule has 0 bridgehead atoms. The molecule has 1 aromatic rings. The number of rotatable bonds is 7. The van der Waals surface area contributed by atoms with Crippen LogP contribution in [0.4, 0.5) is 5.69 Å². The first-order valence-electron chi connectivity index (χ1n) is 6.46. The van der Waals surface area contributed by atoms with Crippen molar-refractivity contribution in [2.45, 2.75) is 12.8 Å². The lowest BCUT2D eigenvalue weighted by atomic mass is 10.2. The zero-order valence-electron chi connectivity index (χ0n) is 11.1. The number of nitrogens with zero attached hydrogens (tertiary/aromatic N) is 2. The molecule has 0 spiro atoms. The topological polar surface area (TPSA) is 80.5 Å². The number of anilines is 1. The summed E-state index contributed by atoms with van der Waals surface area (Å²) in [7, 11) is 1.75. The predicted octanol–water partition coefficient (Wildman–Crippen LogP) is 0.866. The molecule has 1 aliphatic carbocycles. The SMILES string of the molecule is CN(CCOCC1CC1)C(=O)c1cnccc1NN. The van der Waals surface area contributed by atoms with Crippen molar-refractivity contribution in [3.63, 3.8) is 0 Å². The Bertz CT molecular complexity index is 434. The number of pyridine rings is 1. The van der Waals surface area contributed by atoms with Gasteiger partial charge < -0.3 is 15.1 Å². The van der Waals surface area contributed by atoms with Crippen LogP contribution in [-0.4, -0.2) is 42.6 Å². The van der Waals surface area contributed by atoms with E-state index in [-0.39, 0.29) is 5.91 Å². The van der Waals surface area contributed by atoms with E-state index >= 15 is 0 Å². The number of nitrogens with one attached hydrogen (secondary N) is 1. The Morgan fingerprint density at radius 2 is 2.42 bits per heavy atom. The number of likely N-dealkylation sites (N-methyl/N-ethyl adjacent to an activating group) is 1. The lowest BCUT2D eigenvalue weighted by Gasteiger charge is -2.18. The van der Waals surface area contributed by atoms with Crippen LogP contribution in [0.3, 0.4) is 0 Å². The van der Waals surface area contributed by atoms with Gasteiger partial charge in [-0.05, 0) is 24.8 Å². The minimum atomic E-state index is -0.115. The first-order chi connectivity index (χ1) is 9.22. The number of aromatic nitrogens is 1. The standard InChI is InChI=1S/C13H20N4O2/c1-17(6-7-19-9-10-2-3-10)13(18)11-8-15-5-4-12(11)16-14/h4-5,8,10H,2-3,6-7,9,14H2,1H3,(H,15,16). The predicted molar refractivity (Wildman–Crippen MR) is 72.6 cm³/mol. The molecule has 1 aliphatic rings. The Labute approximate surface area is 112 Å². The minimum absolute atomic E-state index is 0.115. The smallest absolute Gasteiger partial charge is 0.257 e. The third kappa shape index (κ3) is 3.90. The van der Waals surface area contributed by atoms with E-state index in [0.717, 1.165) is 12.5 Å². The van der Waals surface area contributed by atoms with E-state index in [2.05, 4.69) is 10.4 Å². The van der Waals surface area contributed by atoms with Crippen LogP contribution in [0.25, 0.3) is 0 Å². The van der Waals surface area contributed by atoms with Gasteiger partial charge in [0.2, 0.25) is 0 Å². The highest BCUT2D eigenvalue weighted by atomic mass is 16.5. The number of nitrogen functional groups attached to an aromatic ring is 1. The molecule has 1 fully saturated rings. The highest BCUT2D eigenvalue weighted by Gasteiger charge is 2.21. The maximum absolute atomic E-state index is 12.2. The molecule has 1 amide bonds. The van der Waals surface area contributed by atoms with Crippen molar-refractivity contribution in [2.75, 3.05) is 32.2 Å². The lowest BCUT2D eigenvalue weighted by Crippen LogP contribution is -2.31. The summed E-state index contributed by atoms with van der Waals surface area (Å²) in [5, 5.41) is 0. The summed E-state index contributed by atoms with van der Waals surface area (Å²) in [6.07, 6.45) is 5.65. The first-order valence-corrected chi connectivity index (χ1v) is 6.46. The lowest BCUT2D eigenvalue weighted by molar-refractivity contribution is 0.0681. The second-order valence-corrected chi connectivity index (χ2v) is 4.81. The fourth-order valence-electron chi connectivity index (χ4n) is 1.73. The van der Waals surface area contributed by atoms with Crippen LogP contribution >= 0.6 is 0 Å². The molecule has 3 N–H and O–H groups in total. The quantitative estimate of drug-likeness (QED) is 0.434. The Hall–Kier alpha value is -1.66. The van der Waals surface area contributed by atoms with Crippen molar-refractivity contribution in [2.24, 2.45) is 11.8 Å². The molecule has 0 saturated heterocycles. The van der Waals surface area contributed by atoms with Gasteiger partial charge in [-0.25, -0.2) is 0 Å². The van der Waals surface area contributed by atoms with Crippen molar-refractivity contribution < 1.29 is 9.53 Å². The van der Waals surface area contributed by atoms with Gasteiger partial charge in [0.25, 0.3) is 5.91 Å². The van der Waals surface area contributed by atoms with Crippen LogP contribution in [0, 0.1) is 5.92 Å². The van der Waals surface area contributed by atoms with Crippen LogP contribution in [0.2, 0.25) is 0 Å². The van der Waals surface area contributed by atoms with Gasteiger partial charge >= 0.3 is 0 Å². The summed E-state index contributed by atoms with van der Waals surface area (Å²) in [5.74, 6) is 6.01. The van der Waals surface area contributed by atoms with Crippen molar-refractivity contribution in [1.82, 2.24) is 9.88 Å². The third-order valence-corrected chi connectivity index (χ3v) is 3.18. The zero-order chi connectivity index (χ0) is 13.7. The number of nitrogens with two attached hydrogens (primary N) is 1. The highest BCUT2D eigenvalue weighted by molar-refractivity contribution is 5.99. The van der Waals surface area contributed by atoms with Gasteiger partial charge in [0.15, 0.2) is 0 Å². The van der Waals surface area contributed by atoms with E-state index in [0.29, 0.717) is 24.4 Å². The zero-order valence-corrected chi connectivity index (χ0v) is 11.1. The summed E-state index contributed by atoms with van der Waals surface area (Å²) in [5.41, 5.74) is 3.55. The maximum Gasteiger partial charge on any atom is 0.257 e. The van der Waals surface area contributed by atoms with Crippen LogP contribution in [0.15, 0.2) is 18.5 Å². The van der Waals surface area contributed by atoms with E-state index in [1.165, 1.54) is 19.0 Å². The number of carbonyl (C=O) groups excluding carboxylic acids is 1. The molecule has 0 aliphatic heterocycles. The van der Waals surface area contributed by atoms with Gasteiger partial charge in [-0.2, -0.15) is 0 Å². The van der Waals surface area contributed by atoms with Crippen LogP contribution in [-0.2, 0) is 4.74 Å². The molecule has 1 saturated carbocycles. The number of hydrogen-bond acceptors (Lipinski definition) is 5. The summed E-state index contributed by atoms with van der Waals surface area (Å²) in [4.78, 5) is 17.8. The minimum Gasteiger partial charge on any atom is -0.379 e. The summed E-state index contributed by atoms with van der Waals surface area (Å²) in [6, 6.07) is 1.67. The largest absolute Gasteiger partial charge is 0.379 e. The maximum atomic E-state index is 12.2. The molecule has 6 heteroatoms. The van der Waals surface area contributed by atoms with E-state index in [1.807, 2.05) is 0 Å². The second kappa shape index (κ2) is 6.49. The Morgan fingerprint density at radius 1 is 1.63 bits per heavy atom. The van der Waals surface area contributed by atoms with Crippen molar-refractivity contribution >= 4 is 11.6 Å². The molecule has 0 atom stereocenters. The Morgan fingerprint density at radius 3 is 3.11 bits per heavy atom. The number of hydrogen-bond donors (Lipinski definition) is 2. The van der Waals surface area contributed by atoms with Crippen molar-refractivity contribution in [1.29, 1.82) is 0 Å². The van der Waals surface area contributed by atoms with Gasteiger partial charge in [0, 0.05) is 32.6 Å².